The molecule has 1 aliphatic rings. The lowest BCUT2D eigenvalue weighted by molar-refractivity contribution is 1.27. The highest BCUT2D eigenvalue weighted by Gasteiger charge is 2.50. The van der Waals surface area contributed by atoms with Gasteiger partial charge in [-0.2, -0.15) is 0 Å². The number of benzene rings is 7. The summed E-state index contributed by atoms with van der Waals surface area (Å²) < 4.78 is 5.35. The van der Waals surface area contributed by atoms with Gasteiger partial charge in [0.2, 0.25) is 0 Å². The van der Waals surface area contributed by atoms with Crippen LogP contribution in [0.25, 0.3) is 21.5 Å². The van der Waals surface area contributed by atoms with Crippen LogP contribution in [0.15, 0.2) is 155 Å². The molecule has 7 aromatic rings. The smallest absolute Gasteiger partial charge is 0.0777 e. The largest absolute Gasteiger partial charge is 0.277 e. The fourth-order valence-electron chi connectivity index (χ4n) is 7.14. The van der Waals surface area contributed by atoms with Crippen molar-refractivity contribution in [2.75, 3.05) is 8.61 Å². The topological polar surface area (TPSA) is 6.48 Å². The van der Waals surface area contributed by atoms with Crippen LogP contribution in [0, 0.1) is 27.7 Å². The van der Waals surface area contributed by atoms with Crippen LogP contribution in [-0.4, -0.2) is 0 Å². The van der Waals surface area contributed by atoms with E-state index in [1.165, 1.54) is 76.3 Å². The van der Waals surface area contributed by atoms with E-state index in [1.807, 2.05) is 0 Å². The van der Waals surface area contributed by atoms with E-state index < -0.39 is 10.4 Å². The molecular weight excluding hydrogens is 565 g/mol. The zero-order chi connectivity index (χ0) is 30.7. The molecule has 0 bridgehead atoms. The van der Waals surface area contributed by atoms with Gasteiger partial charge in [0.05, 0.1) is 22.7 Å². The van der Waals surface area contributed by atoms with Gasteiger partial charge in [0.15, 0.2) is 0 Å². The van der Waals surface area contributed by atoms with Crippen LogP contribution in [0.4, 0.5) is 22.7 Å². The van der Waals surface area contributed by atoms with Gasteiger partial charge in [-0.05, 0) is 143 Å². The van der Waals surface area contributed by atoms with Crippen LogP contribution in [-0.2, 0) is 0 Å². The highest BCUT2D eigenvalue weighted by Crippen LogP contribution is 2.79. The molecule has 0 saturated heterocycles. The maximum absolute atomic E-state index is 2.67. The number of nitrogens with zero attached hydrogens (tertiary/aromatic N) is 2. The minimum atomic E-state index is -2.15. The number of aryl methyl sites for hydroxylation is 4. The lowest BCUT2D eigenvalue weighted by atomic mass is 10.1. The first-order chi connectivity index (χ1) is 21.9. The van der Waals surface area contributed by atoms with Crippen molar-refractivity contribution in [1.29, 1.82) is 0 Å². The third-order valence-corrected chi connectivity index (χ3v) is 12.5. The van der Waals surface area contributed by atoms with Gasteiger partial charge in [0, 0.05) is 9.79 Å². The van der Waals surface area contributed by atoms with E-state index in [-0.39, 0.29) is 0 Å². The fourth-order valence-corrected chi connectivity index (χ4v) is 11.2. The van der Waals surface area contributed by atoms with Crippen LogP contribution in [0.5, 0.6) is 0 Å². The summed E-state index contributed by atoms with van der Waals surface area (Å²) in [7, 11) is -2.15. The summed E-state index contributed by atoms with van der Waals surface area (Å²) in [5.41, 5.74) is 9.91. The molecule has 0 unspecified atom stereocenters. The number of para-hydroxylation sites is 2. The van der Waals surface area contributed by atoms with E-state index in [0.717, 1.165) is 0 Å². The molecule has 3 heteroatoms. The molecule has 2 nitrogen and oxygen atoms in total. The molecule has 1 aliphatic heterocycles. The average Bonchev–Trinajstić information content (AvgIpc) is 3.35. The number of fused-ring (bicyclic) bond motifs is 3. The van der Waals surface area contributed by atoms with Gasteiger partial charge in [-0.3, -0.25) is 8.61 Å². The normalized spacial score (nSPS) is 14.6. The standard InChI is InChI=1S/C42H36N2S/c1-29-21-30(2)24-37(23-29)43-41-15-9-10-16-42(41)44(38-25-31(3)22-32(4)26-38)45(43,39-19-17-33-11-5-7-13-35(33)27-39)40-20-18-34-12-6-8-14-36(34)28-40/h5-28H,1-4H3. The molecule has 0 spiro atoms. The molecule has 0 saturated carbocycles. The van der Waals surface area contributed by atoms with E-state index in [2.05, 4.69) is 182 Å². The highest BCUT2D eigenvalue weighted by molar-refractivity contribution is 8.36. The third kappa shape index (κ3) is 4.42. The van der Waals surface area contributed by atoms with Crippen molar-refractivity contribution >= 4 is 54.7 Å². The van der Waals surface area contributed by atoms with Gasteiger partial charge in [-0.25, -0.2) is 0 Å². The van der Waals surface area contributed by atoms with Crippen LogP contribution in [0.1, 0.15) is 22.3 Å². The Bertz CT molecular complexity index is 2050. The predicted octanol–water partition coefficient (Wildman–Crippen LogP) is 12.3. The first kappa shape index (κ1) is 27.6. The number of hydrogen-bond donors (Lipinski definition) is 0. The minimum Gasteiger partial charge on any atom is -0.277 e. The highest BCUT2D eigenvalue weighted by atomic mass is 32.3. The molecule has 0 aliphatic carbocycles. The van der Waals surface area contributed by atoms with Gasteiger partial charge in [-0.1, -0.05) is 84.9 Å². The molecule has 7 aromatic carbocycles. The molecular formula is C42H36N2S. The zero-order valence-corrected chi connectivity index (χ0v) is 27.0. The minimum absolute atomic E-state index is 1.21. The molecule has 0 atom stereocenters. The molecule has 0 radical (unpaired) electrons. The molecule has 220 valence electrons. The molecule has 8 rings (SSSR count). The van der Waals surface area contributed by atoms with Crippen molar-refractivity contribution in [2.24, 2.45) is 0 Å². The van der Waals surface area contributed by atoms with Crippen molar-refractivity contribution in [3.8, 4) is 0 Å². The van der Waals surface area contributed by atoms with Crippen molar-refractivity contribution < 1.29 is 0 Å². The van der Waals surface area contributed by atoms with Crippen molar-refractivity contribution in [3.05, 3.63) is 168 Å². The van der Waals surface area contributed by atoms with E-state index in [0.29, 0.717) is 0 Å². The molecule has 0 fully saturated rings. The average molecular weight is 601 g/mol. The second kappa shape index (κ2) is 10.6. The lowest BCUT2D eigenvalue weighted by Gasteiger charge is -2.51. The summed E-state index contributed by atoms with van der Waals surface area (Å²) in [6, 6.07) is 54.7. The summed E-state index contributed by atoms with van der Waals surface area (Å²) in [5.74, 6) is 0. The van der Waals surface area contributed by atoms with E-state index in [9.17, 15) is 0 Å². The van der Waals surface area contributed by atoms with Crippen molar-refractivity contribution in [1.82, 2.24) is 0 Å². The summed E-state index contributed by atoms with van der Waals surface area (Å²) in [5, 5.41) is 5.00. The molecule has 1 heterocycles. The zero-order valence-electron chi connectivity index (χ0n) is 26.2. The monoisotopic (exact) mass is 600 g/mol. The maximum Gasteiger partial charge on any atom is 0.0777 e. The summed E-state index contributed by atoms with van der Waals surface area (Å²) in [6.07, 6.45) is 0. The van der Waals surface area contributed by atoms with Crippen LogP contribution < -0.4 is 8.61 Å². The Morgan fingerprint density at radius 2 is 0.711 bits per heavy atom. The second-order valence-electron chi connectivity index (χ2n) is 12.3. The van der Waals surface area contributed by atoms with E-state index >= 15 is 0 Å². The van der Waals surface area contributed by atoms with Gasteiger partial charge in [0.1, 0.15) is 0 Å². The fraction of sp³-hybridized carbons (Fsp3) is 0.0952. The first-order valence-corrected chi connectivity index (χ1v) is 17.1. The van der Waals surface area contributed by atoms with Crippen LogP contribution >= 0.6 is 10.4 Å². The molecule has 0 amide bonds. The third-order valence-electron chi connectivity index (χ3n) is 8.83. The Balaban J connectivity index is 1.58. The summed E-state index contributed by atoms with van der Waals surface area (Å²) in [6.45, 7) is 8.85. The van der Waals surface area contributed by atoms with Crippen molar-refractivity contribution in [3.63, 3.8) is 0 Å². The Morgan fingerprint density at radius 1 is 0.356 bits per heavy atom. The summed E-state index contributed by atoms with van der Waals surface area (Å²) in [4.78, 5) is 2.59. The van der Waals surface area contributed by atoms with Gasteiger partial charge in [0.25, 0.3) is 0 Å². The van der Waals surface area contributed by atoms with E-state index in [4.69, 9.17) is 0 Å². The van der Waals surface area contributed by atoms with Crippen molar-refractivity contribution in [2.45, 2.75) is 37.5 Å². The van der Waals surface area contributed by atoms with E-state index in [1.54, 1.807) is 0 Å². The molecule has 45 heavy (non-hydrogen) atoms. The number of rotatable bonds is 4. The number of hydrogen-bond acceptors (Lipinski definition) is 2. The van der Waals surface area contributed by atoms with Gasteiger partial charge >= 0.3 is 0 Å². The maximum atomic E-state index is 2.67. The SMILES string of the molecule is Cc1cc(C)cc(N2c3ccccc3N(c3cc(C)cc(C)c3)S2(c2ccc3ccccc3c2)c2ccc3ccccc3c2)c1. The Kier molecular flexibility index (Phi) is 6.47. The van der Waals surface area contributed by atoms with Crippen LogP contribution in [0.2, 0.25) is 0 Å². The lowest BCUT2D eigenvalue weighted by Crippen LogP contribution is -2.30. The van der Waals surface area contributed by atoms with Gasteiger partial charge < -0.3 is 0 Å². The quantitative estimate of drug-likeness (QED) is 0.198. The first-order valence-electron chi connectivity index (χ1n) is 15.6. The molecule has 0 N–H and O–H groups in total. The predicted molar refractivity (Wildman–Crippen MR) is 195 cm³/mol. The Hall–Kier alpha value is -4.99. The second-order valence-corrected chi connectivity index (χ2v) is 15.1. The number of anilines is 4. The van der Waals surface area contributed by atoms with Gasteiger partial charge in [-0.15, -0.1) is 0 Å². The summed E-state index contributed by atoms with van der Waals surface area (Å²) >= 11 is 0. The Morgan fingerprint density at radius 3 is 1.11 bits per heavy atom. The molecule has 0 aromatic heterocycles. The Labute approximate surface area is 267 Å². The van der Waals surface area contributed by atoms with Crippen LogP contribution in [0.3, 0.4) is 0 Å².